The average molecular weight is 466 g/mol. The summed E-state index contributed by atoms with van der Waals surface area (Å²) >= 11 is 12.7. The molecule has 3 nitrogen and oxygen atoms in total. The Balaban J connectivity index is 1.39. The summed E-state index contributed by atoms with van der Waals surface area (Å²) in [7, 11) is 0. The summed E-state index contributed by atoms with van der Waals surface area (Å²) < 4.78 is 6.41. The SMILES string of the molecule is Cc1ccc(CN2C(=O)/C(=C/c3ccc(OCc4ccc(Cl)cc4)cc3)SC2=S)cc1. The molecule has 0 spiro atoms. The fourth-order valence-electron chi connectivity index (χ4n) is 3.07. The second kappa shape index (κ2) is 9.69. The highest BCUT2D eigenvalue weighted by Crippen LogP contribution is 2.34. The molecule has 4 rings (SSSR count). The Hall–Kier alpha value is -2.60. The molecule has 31 heavy (non-hydrogen) atoms. The van der Waals surface area contributed by atoms with Crippen LogP contribution < -0.4 is 4.74 Å². The van der Waals surface area contributed by atoms with Gasteiger partial charge in [0.25, 0.3) is 5.91 Å². The molecule has 0 bridgehead atoms. The fourth-order valence-corrected chi connectivity index (χ4v) is 4.45. The van der Waals surface area contributed by atoms with E-state index in [2.05, 4.69) is 0 Å². The van der Waals surface area contributed by atoms with Gasteiger partial charge in [-0.05, 0) is 54.0 Å². The zero-order chi connectivity index (χ0) is 21.8. The molecule has 0 unspecified atom stereocenters. The number of carbonyl (C=O) groups is 1. The number of ether oxygens (including phenoxy) is 1. The number of halogens is 1. The molecule has 0 N–H and O–H groups in total. The maximum atomic E-state index is 12.9. The van der Waals surface area contributed by atoms with Crippen molar-refractivity contribution in [2.24, 2.45) is 0 Å². The zero-order valence-electron chi connectivity index (χ0n) is 16.9. The van der Waals surface area contributed by atoms with Crippen LogP contribution in [0.5, 0.6) is 5.75 Å². The summed E-state index contributed by atoms with van der Waals surface area (Å²) in [6.07, 6.45) is 1.87. The summed E-state index contributed by atoms with van der Waals surface area (Å²) in [5.41, 5.74) is 4.22. The smallest absolute Gasteiger partial charge is 0.266 e. The number of hydrogen-bond acceptors (Lipinski definition) is 4. The largest absolute Gasteiger partial charge is 0.489 e. The van der Waals surface area contributed by atoms with E-state index in [0.29, 0.717) is 27.4 Å². The Morgan fingerprint density at radius 3 is 2.29 bits per heavy atom. The number of thioether (sulfide) groups is 1. The number of amides is 1. The third kappa shape index (κ3) is 5.56. The molecule has 1 saturated heterocycles. The van der Waals surface area contributed by atoms with Crippen LogP contribution in [0, 0.1) is 6.92 Å². The lowest BCUT2D eigenvalue weighted by Gasteiger charge is -2.14. The minimum Gasteiger partial charge on any atom is -0.489 e. The van der Waals surface area contributed by atoms with Gasteiger partial charge in [0.05, 0.1) is 11.4 Å². The zero-order valence-corrected chi connectivity index (χ0v) is 19.3. The fraction of sp³-hybridized carbons (Fsp3) is 0.120. The van der Waals surface area contributed by atoms with Crippen LogP contribution >= 0.6 is 35.6 Å². The first kappa shape index (κ1) is 21.6. The molecule has 1 aliphatic rings. The third-order valence-corrected chi connectivity index (χ3v) is 6.46. The summed E-state index contributed by atoms with van der Waals surface area (Å²) in [4.78, 5) is 15.1. The molecule has 0 atom stereocenters. The second-order valence-electron chi connectivity index (χ2n) is 7.24. The van der Waals surface area contributed by atoms with Gasteiger partial charge in [-0.3, -0.25) is 9.69 Å². The van der Waals surface area contributed by atoms with Crippen LogP contribution in [0.2, 0.25) is 5.02 Å². The maximum Gasteiger partial charge on any atom is 0.266 e. The Labute approximate surface area is 196 Å². The molecule has 0 aromatic heterocycles. The summed E-state index contributed by atoms with van der Waals surface area (Å²) in [5.74, 6) is 0.706. The van der Waals surface area contributed by atoms with E-state index in [4.69, 9.17) is 28.6 Å². The van der Waals surface area contributed by atoms with Crippen molar-refractivity contribution in [3.63, 3.8) is 0 Å². The Bertz CT molecular complexity index is 1120. The molecule has 3 aromatic carbocycles. The van der Waals surface area contributed by atoms with Crippen LogP contribution in [-0.2, 0) is 17.9 Å². The molecule has 0 saturated carbocycles. The summed E-state index contributed by atoms with van der Waals surface area (Å²) in [6.45, 7) is 2.99. The molecule has 1 amide bonds. The highest BCUT2D eigenvalue weighted by atomic mass is 35.5. The van der Waals surface area contributed by atoms with Gasteiger partial charge < -0.3 is 4.74 Å². The van der Waals surface area contributed by atoms with Gasteiger partial charge in [0, 0.05) is 5.02 Å². The van der Waals surface area contributed by atoms with Crippen LogP contribution in [0.1, 0.15) is 22.3 Å². The van der Waals surface area contributed by atoms with Crippen molar-refractivity contribution in [1.29, 1.82) is 0 Å². The molecule has 0 radical (unpaired) electrons. The van der Waals surface area contributed by atoms with E-state index in [9.17, 15) is 4.79 Å². The van der Waals surface area contributed by atoms with Crippen LogP contribution in [0.3, 0.4) is 0 Å². The molecular formula is C25H20ClNO2S2. The van der Waals surface area contributed by atoms with E-state index < -0.39 is 0 Å². The standard InChI is InChI=1S/C25H20ClNO2S2/c1-17-2-4-19(5-3-17)15-27-24(28)23(31-25(27)30)14-18-8-12-22(13-9-18)29-16-20-6-10-21(26)11-7-20/h2-14H,15-16H2,1H3/b23-14-. The van der Waals surface area contributed by atoms with Gasteiger partial charge in [-0.1, -0.05) is 89.7 Å². The van der Waals surface area contributed by atoms with Gasteiger partial charge >= 0.3 is 0 Å². The normalized spacial score (nSPS) is 15.0. The lowest BCUT2D eigenvalue weighted by atomic mass is 10.1. The monoisotopic (exact) mass is 465 g/mol. The lowest BCUT2D eigenvalue weighted by Crippen LogP contribution is -2.27. The van der Waals surface area contributed by atoms with Crippen LogP contribution in [-0.4, -0.2) is 15.1 Å². The molecule has 6 heteroatoms. The van der Waals surface area contributed by atoms with Crippen molar-refractivity contribution in [3.05, 3.63) is 105 Å². The van der Waals surface area contributed by atoms with E-state index >= 15 is 0 Å². The quantitative estimate of drug-likeness (QED) is 0.302. The number of hydrogen-bond donors (Lipinski definition) is 0. The number of nitrogens with zero attached hydrogens (tertiary/aromatic N) is 1. The van der Waals surface area contributed by atoms with Crippen molar-refractivity contribution in [1.82, 2.24) is 4.90 Å². The lowest BCUT2D eigenvalue weighted by molar-refractivity contribution is -0.122. The Morgan fingerprint density at radius 1 is 0.968 bits per heavy atom. The van der Waals surface area contributed by atoms with Crippen molar-refractivity contribution in [2.45, 2.75) is 20.1 Å². The molecule has 156 valence electrons. The first-order valence-electron chi connectivity index (χ1n) is 9.76. The molecule has 1 fully saturated rings. The number of carbonyl (C=O) groups excluding carboxylic acids is 1. The predicted molar refractivity (Wildman–Crippen MR) is 132 cm³/mol. The number of aryl methyl sites for hydroxylation is 1. The summed E-state index contributed by atoms with van der Waals surface area (Å²) in [6, 6.07) is 23.4. The van der Waals surface area contributed by atoms with Crippen LogP contribution in [0.4, 0.5) is 0 Å². The minimum atomic E-state index is -0.0568. The highest BCUT2D eigenvalue weighted by molar-refractivity contribution is 8.26. The van der Waals surface area contributed by atoms with Crippen molar-refractivity contribution in [2.75, 3.05) is 0 Å². The Kier molecular flexibility index (Phi) is 6.76. The second-order valence-corrected chi connectivity index (χ2v) is 9.35. The third-order valence-electron chi connectivity index (χ3n) is 4.83. The minimum absolute atomic E-state index is 0.0568. The van der Waals surface area contributed by atoms with Gasteiger partial charge in [-0.25, -0.2) is 0 Å². The first-order chi connectivity index (χ1) is 15.0. The van der Waals surface area contributed by atoms with Crippen molar-refractivity contribution in [3.8, 4) is 5.75 Å². The predicted octanol–water partition coefficient (Wildman–Crippen LogP) is 6.63. The van der Waals surface area contributed by atoms with E-state index in [1.165, 1.54) is 17.3 Å². The van der Waals surface area contributed by atoms with Crippen molar-refractivity contribution < 1.29 is 9.53 Å². The maximum absolute atomic E-state index is 12.9. The van der Waals surface area contributed by atoms with Crippen LogP contribution in [0.15, 0.2) is 77.7 Å². The molecule has 0 aliphatic carbocycles. The summed E-state index contributed by atoms with van der Waals surface area (Å²) in [5, 5.41) is 0.706. The van der Waals surface area contributed by atoms with E-state index in [1.54, 1.807) is 4.90 Å². The topological polar surface area (TPSA) is 29.5 Å². The van der Waals surface area contributed by atoms with E-state index in [0.717, 1.165) is 22.4 Å². The van der Waals surface area contributed by atoms with E-state index in [-0.39, 0.29) is 5.91 Å². The molecule has 1 aliphatic heterocycles. The molecule has 3 aromatic rings. The first-order valence-corrected chi connectivity index (χ1v) is 11.4. The number of benzene rings is 3. The average Bonchev–Trinajstić information content (AvgIpc) is 3.03. The Morgan fingerprint density at radius 2 is 1.61 bits per heavy atom. The van der Waals surface area contributed by atoms with Gasteiger partial charge in [-0.15, -0.1) is 0 Å². The highest BCUT2D eigenvalue weighted by Gasteiger charge is 2.31. The van der Waals surface area contributed by atoms with E-state index in [1.807, 2.05) is 85.8 Å². The molecular weight excluding hydrogens is 446 g/mol. The van der Waals surface area contributed by atoms with Gasteiger partial charge in [0.15, 0.2) is 0 Å². The molecule has 1 heterocycles. The van der Waals surface area contributed by atoms with Gasteiger partial charge in [0.1, 0.15) is 16.7 Å². The van der Waals surface area contributed by atoms with Gasteiger partial charge in [0.2, 0.25) is 0 Å². The number of rotatable bonds is 6. The van der Waals surface area contributed by atoms with Gasteiger partial charge in [-0.2, -0.15) is 0 Å². The van der Waals surface area contributed by atoms with Crippen molar-refractivity contribution >= 4 is 51.9 Å². The number of thiocarbonyl (C=S) groups is 1. The van der Waals surface area contributed by atoms with Crippen LogP contribution in [0.25, 0.3) is 6.08 Å².